The van der Waals surface area contributed by atoms with E-state index in [4.69, 9.17) is 19.5 Å². The Morgan fingerprint density at radius 1 is 1.06 bits per heavy atom. The summed E-state index contributed by atoms with van der Waals surface area (Å²) in [7, 11) is -4.03. The molecule has 2 aromatic heterocycles. The van der Waals surface area contributed by atoms with Gasteiger partial charge in [0.05, 0.1) is 37.9 Å². The predicted octanol–water partition coefficient (Wildman–Crippen LogP) is 2.40. The highest BCUT2D eigenvalue weighted by molar-refractivity contribution is 7.53. The number of imidazole rings is 1. The number of rotatable bonds is 13. The highest BCUT2D eigenvalue weighted by Gasteiger charge is 2.47. The summed E-state index contributed by atoms with van der Waals surface area (Å²) in [5.41, 5.74) is 6.08. The summed E-state index contributed by atoms with van der Waals surface area (Å²) in [6, 6.07) is 0. The van der Waals surface area contributed by atoms with Gasteiger partial charge in [0.15, 0.2) is 5.65 Å². The Labute approximate surface area is 194 Å². The van der Waals surface area contributed by atoms with Crippen LogP contribution in [0.4, 0.5) is 15.5 Å². The van der Waals surface area contributed by atoms with E-state index in [0.717, 1.165) is 0 Å². The lowest BCUT2D eigenvalue weighted by Crippen LogP contribution is -2.23. The summed E-state index contributed by atoms with van der Waals surface area (Å²) < 4.78 is 49.6. The number of anilines is 1. The molecule has 0 unspecified atom stereocenters. The second kappa shape index (κ2) is 11.4. The molecule has 2 heterocycles. The number of hydrogen-bond donors (Lipinski definition) is 1. The van der Waals surface area contributed by atoms with E-state index in [2.05, 4.69) is 33.9 Å². The first-order chi connectivity index (χ1) is 16.3. The fourth-order valence-corrected chi connectivity index (χ4v) is 3.82. The number of carbonyl (C=O) groups excluding carboxylic acids is 2. The molecular formula is C18H26N5O10P. The number of nitrogens with zero attached hydrogens (tertiary/aromatic N) is 4. The Kier molecular flexibility index (Phi) is 8.61. The number of fused-ring (bicyclic) bond motifs is 1. The van der Waals surface area contributed by atoms with Crippen molar-refractivity contribution in [1.29, 1.82) is 0 Å². The summed E-state index contributed by atoms with van der Waals surface area (Å²) >= 11 is 0. The molecule has 2 aromatic rings. The number of nitrogen functional groups attached to an aromatic ring is 1. The van der Waals surface area contributed by atoms with Crippen LogP contribution in [0, 0.1) is 0 Å². The van der Waals surface area contributed by atoms with Crippen LogP contribution in [0.5, 0.6) is 0 Å². The zero-order valence-corrected chi connectivity index (χ0v) is 19.6. The van der Waals surface area contributed by atoms with Crippen molar-refractivity contribution in [2.24, 2.45) is 0 Å². The molecule has 0 bridgehead atoms. The Morgan fingerprint density at radius 3 is 2.24 bits per heavy atom. The van der Waals surface area contributed by atoms with Crippen molar-refractivity contribution >= 4 is 37.0 Å². The lowest BCUT2D eigenvalue weighted by molar-refractivity contribution is -0.0312. The quantitative estimate of drug-likeness (QED) is 0.238. The third kappa shape index (κ3) is 7.25. The highest BCUT2D eigenvalue weighted by atomic mass is 31.2. The molecule has 3 rings (SSSR count). The lowest BCUT2D eigenvalue weighted by Gasteiger charge is -2.22. The number of hydrogen-bond acceptors (Lipinski definition) is 14. The molecule has 2 N–H and O–H groups in total. The Balaban J connectivity index is 1.60. The smallest absolute Gasteiger partial charge is 0.435 e. The van der Waals surface area contributed by atoms with Gasteiger partial charge in [-0.1, -0.05) is 0 Å². The minimum Gasteiger partial charge on any atom is -0.435 e. The van der Waals surface area contributed by atoms with Gasteiger partial charge in [0.1, 0.15) is 11.9 Å². The van der Waals surface area contributed by atoms with Crippen molar-refractivity contribution in [2.45, 2.75) is 38.8 Å². The molecule has 1 saturated carbocycles. The number of ether oxygens (including phenoxy) is 5. The van der Waals surface area contributed by atoms with E-state index in [1.54, 1.807) is 24.7 Å². The zero-order valence-electron chi connectivity index (χ0n) is 18.7. The summed E-state index contributed by atoms with van der Waals surface area (Å²) in [6.07, 6.45) is 1.88. The molecule has 0 atom stereocenters. The number of nitrogens with two attached hydrogens (primary N) is 1. The van der Waals surface area contributed by atoms with Gasteiger partial charge in [-0.3, -0.25) is 13.6 Å². The van der Waals surface area contributed by atoms with E-state index in [9.17, 15) is 14.2 Å². The fourth-order valence-electron chi connectivity index (χ4n) is 2.74. The molecule has 1 fully saturated rings. The van der Waals surface area contributed by atoms with Crippen LogP contribution < -0.4 is 5.73 Å². The first kappa shape index (κ1) is 25.6. The van der Waals surface area contributed by atoms with E-state index in [-0.39, 0.29) is 19.2 Å². The lowest BCUT2D eigenvalue weighted by atomic mass is 10.3. The Bertz CT molecular complexity index is 1020. The van der Waals surface area contributed by atoms with Gasteiger partial charge < -0.3 is 34.0 Å². The second-order valence-electron chi connectivity index (χ2n) is 7.03. The molecule has 34 heavy (non-hydrogen) atoms. The Hall–Kier alpha value is -3.00. The van der Waals surface area contributed by atoms with E-state index in [1.165, 1.54) is 6.20 Å². The molecule has 1 aliphatic carbocycles. The predicted molar refractivity (Wildman–Crippen MR) is 113 cm³/mol. The zero-order chi connectivity index (χ0) is 24.6. The number of carbonyl (C=O) groups is 2. The molecule has 1 aliphatic rings. The SMILES string of the molecule is CCOC(=O)OCOP(=O)(COC1(Cn2cnc3cnc(N)nc32)CC1)OCOC(=O)OCC. The van der Waals surface area contributed by atoms with Gasteiger partial charge >= 0.3 is 19.9 Å². The maximum atomic E-state index is 13.1. The van der Waals surface area contributed by atoms with Gasteiger partial charge in [-0.05, 0) is 26.7 Å². The van der Waals surface area contributed by atoms with Crippen molar-refractivity contribution in [3.63, 3.8) is 0 Å². The maximum absolute atomic E-state index is 13.1. The van der Waals surface area contributed by atoms with E-state index < -0.39 is 45.4 Å². The first-order valence-electron chi connectivity index (χ1n) is 10.3. The van der Waals surface area contributed by atoms with Crippen LogP contribution in [0.2, 0.25) is 0 Å². The van der Waals surface area contributed by atoms with Crippen molar-refractivity contribution in [1.82, 2.24) is 19.5 Å². The summed E-state index contributed by atoms with van der Waals surface area (Å²) in [4.78, 5) is 35.0. The van der Waals surface area contributed by atoms with Crippen molar-refractivity contribution in [3.05, 3.63) is 12.5 Å². The van der Waals surface area contributed by atoms with Crippen LogP contribution >= 0.6 is 7.60 Å². The fraction of sp³-hybridized carbons (Fsp3) is 0.611. The highest BCUT2D eigenvalue weighted by Crippen LogP contribution is 2.52. The summed E-state index contributed by atoms with van der Waals surface area (Å²) in [6.45, 7) is 2.25. The van der Waals surface area contributed by atoms with Gasteiger partial charge in [0.2, 0.25) is 19.5 Å². The van der Waals surface area contributed by atoms with Crippen LogP contribution in [0.25, 0.3) is 11.2 Å². The number of aromatic nitrogens is 4. The third-order valence-corrected chi connectivity index (χ3v) is 5.99. The minimum atomic E-state index is -4.03. The third-order valence-electron chi connectivity index (χ3n) is 4.55. The van der Waals surface area contributed by atoms with Gasteiger partial charge in [-0.15, -0.1) is 0 Å². The van der Waals surface area contributed by atoms with Crippen molar-refractivity contribution in [3.8, 4) is 0 Å². The minimum absolute atomic E-state index is 0.0888. The molecule has 0 aromatic carbocycles. The molecule has 0 radical (unpaired) electrons. The van der Waals surface area contributed by atoms with Crippen LogP contribution in [-0.2, 0) is 43.8 Å². The van der Waals surface area contributed by atoms with Gasteiger partial charge in [0, 0.05) is 0 Å². The molecule has 15 nitrogen and oxygen atoms in total. The largest absolute Gasteiger partial charge is 0.510 e. The monoisotopic (exact) mass is 503 g/mol. The topological polar surface area (TPSA) is 185 Å². The first-order valence-corrected chi connectivity index (χ1v) is 12.1. The summed E-state index contributed by atoms with van der Waals surface area (Å²) in [5, 5.41) is 0. The standard InChI is InChI=1S/C18H26N5O10P/c1-3-27-16(24)29-10-32-34(26,33-11-30-17(25)28-4-2)12-31-18(5-6-18)8-23-9-21-13-7-20-15(19)22-14(13)23/h7,9H,3-6,8,10-12H2,1-2H3,(H2,19,20,22). The average molecular weight is 503 g/mol. The van der Waals surface area contributed by atoms with Crippen LogP contribution in [0.3, 0.4) is 0 Å². The molecule has 0 amide bonds. The summed E-state index contributed by atoms with van der Waals surface area (Å²) in [5.74, 6) is 0.106. The molecule has 0 saturated heterocycles. The molecule has 0 spiro atoms. The van der Waals surface area contributed by atoms with Gasteiger partial charge in [-0.2, -0.15) is 4.98 Å². The molecule has 0 aliphatic heterocycles. The van der Waals surface area contributed by atoms with E-state index in [1.807, 2.05) is 0 Å². The van der Waals surface area contributed by atoms with E-state index in [0.29, 0.717) is 30.6 Å². The van der Waals surface area contributed by atoms with Crippen LogP contribution in [0.1, 0.15) is 26.7 Å². The van der Waals surface area contributed by atoms with E-state index >= 15 is 0 Å². The second-order valence-corrected chi connectivity index (χ2v) is 9.02. The van der Waals surface area contributed by atoms with Gasteiger partial charge in [0.25, 0.3) is 0 Å². The van der Waals surface area contributed by atoms with Gasteiger partial charge in [-0.25, -0.2) is 19.6 Å². The van der Waals surface area contributed by atoms with Crippen LogP contribution in [-0.4, -0.2) is 70.6 Å². The van der Waals surface area contributed by atoms with Crippen molar-refractivity contribution in [2.75, 3.05) is 38.9 Å². The Morgan fingerprint density at radius 2 is 1.68 bits per heavy atom. The van der Waals surface area contributed by atoms with Crippen molar-refractivity contribution < 1.29 is 46.9 Å². The van der Waals surface area contributed by atoms with Crippen LogP contribution in [0.15, 0.2) is 12.5 Å². The molecular weight excluding hydrogens is 477 g/mol. The normalized spacial score (nSPS) is 14.5. The maximum Gasteiger partial charge on any atom is 0.510 e. The molecule has 188 valence electrons. The molecule has 16 heteroatoms. The average Bonchev–Trinajstić information content (AvgIpc) is 3.46.